The minimum Gasteiger partial charge on any atom is -0.455 e. The lowest BCUT2D eigenvalue weighted by Gasteiger charge is -2.59. The molecule has 2 bridgehead atoms. The highest BCUT2D eigenvalue weighted by molar-refractivity contribution is 5.90. The first-order valence-corrected chi connectivity index (χ1v) is 11.4. The highest BCUT2D eigenvalue weighted by Gasteiger charge is 2.65. The Morgan fingerprint density at radius 1 is 0.742 bits per heavy atom. The number of hydrogen-bond acceptors (Lipinski definition) is 4. The van der Waals surface area contributed by atoms with Crippen LogP contribution in [0, 0.1) is 22.7 Å². The van der Waals surface area contributed by atoms with E-state index in [9.17, 15) is 9.59 Å². The van der Waals surface area contributed by atoms with Crippen LogP contribution in [-0.2, 0) is 9.47 Å². The number of rotatable bonds is 4. The zero-order valence-electron chi connectivity index (χ0n) is 18.3. The van der Waals surface area contributed by atoms with E-state index in [4.69, 9.17) is 9.47 Å². The quantitative estimate of drug-likeness (QED) is 0.600. The van der Waals surface area contributed by atoms with Crippen LogP contribution < -0.4 is 0 Å². The molecule has 0 radical (unpaired) electrons. The molecule has 0 spiro atoms. The third-order valence-corrected chi connectivity index (χ3v) is 8.39. The van der Waals surface area contributed by atoms with E-state index < -0.39 is 12.2 Å². The van der Waals surface area contributed by atoms with Gasteiger partial charge in [-0.2, -0.15) is 0 Å². The van der Waals surface area contributed by atoms with Gasteiger partial charge in [-0.1, -0.05) is 50.2 Å². The van der Waals surface area contributed by atoms with Crippen molar-refractivity contribution in [3.63, 3.8) is 0 Å². The number of esters is 2. The second-order valence-electron chi connectivity index (χ2n) is 10.2. The minimum absolute atomic E-state index is 0.123. The molecule has 4 nitrogen and oxygen atoms in total. The van der Waals surface area contributed by atoms with Crippen LogP contribution in [0.3, 0.4) is 0 Å². The van der Waals surface area contributed by atoms with Crippen LogP contribution in [0.2, 0.25) is 0 Å². The van der Waals surface area contributed by atoms with Crippen LogP contribution in [0.25, 0.3) is 0 Å². The van der Waals surface area contributed by atoms with E-state index in [0.29, 0.717) is 17.0 Å². The van der Waals surface area contributed by atoms with E-state index >= 15 is 0 Å². The van der Waals surface area contributed by atoms with Crippen LogP contribution >= 0.6 is 0 Å². The van der Waals surface area contributed by atoms with Crippen molar-refractivity contribution in [2.24, 2.45) is 22.7 Å². The predicted molar refractivity (Wildman–Crippen MR) is 118 cm³/mol. The molecule has 162 valence electrons. The molecular weight excluding hydrogens is 388 g/mol. The van der Waals surface area contributed by atoms with E-state index in [1.807, 2.05) is 36.4 Å². The predicted octanol–water partition coefficient (Wildman–Crippen LogP) is 5.67. The fourth-order valence-corrected chi connectivity index (χ4v) is 6.50. The third-order valence-electron chi connectivity index (χ3n) is 8.39. The van der Waals surface area contributed by atoms with E-state index in [2.05, 4.69) is 13.8 Å². The molecule has 4 fully saturated rings. The Balaban J connectivity index is 1.45. The van der Waals surface area contributed by atoms with Gasteiger partial charge in [0.05, 0.1) is 11.1 Å². The van der Waals surface area contributed by atoms with Gasteiger partial charge >= 0.3 is 11.9 Å². The average molecular weight is 419 g/mol. The number of carbonyl (C=O) groups excluding carboxylic acids is 2. The summed E-state index contributed by atoms with van der Waals surface area (Å²) in [6.07, 6.45) is 4.63. The van der Waals surface area contributed by atoms with Crippen molar-refractivity contribution in [2.75, 3.05) is 0 Å². The van der Waals surface area contributed by atoms with Crippen molar-refractivity contribution in [3.05, 3.63) is 71.8 Å². The molecule has 0 aromatic heterocycles. The van der Waals surface area contributed by atoms with Crippen LogP contribution in [0.5, 0.6) is 0 Å². The summed E-state index contributed by atoms with van der Waals surface area (Å²) in [4.78, 5) is 25.9. The molecule has 4 saturated carbocycles. The molecule has 4 aliphatic carbocycles. The second kappa shape index (κ2) is 7.51. The summed E-state index contributed by atoms with van der Waals surface area (Å²) in [5.41, 5.74) is 1.42. The number of benzene rings is 2. The van der Waals surface area contributed by atoms with Gasteiger partial charge in [-0.05, 0) is 73.1 Å². The van der Waals surface area contributed by atoms with Gasteiger partial charge < -0.3 is 9.47 Å². The molecular formula is C27H30O4. The maximum atomic E-state index is 13.0. The number of fused-ring (bicyclic) bond motifs is 2. The summed E-state index contributed by atoms with van der Waals surface area (Å²) in [6, 6.07) is 18.2. The topological polar surface area (TPSA) is 52.6 Å². The van der Waals surface area contributed by atoms with Crippen LogP contribution in [0.1, 0.15) is 66.7 Å². The monoisotopic (exact) mass is 418 g/mol. The zero-order valence-corrected chi connectivity index (χ0v) is 18.3. The Kier molecular flexibility index (Phi) is 4.91. The number of hydrogen-bond donors (Lipinski definition) is 0. The lowest BCUT2D eigenvalue weighted by molar-refractivity contribution is -0.127. The first kappa shape index (κ1) is 20.3. The first-order chi connectivity index (χ1) is 14.9. The molecule has 4 atom stereocenters. The Labute approximate surface area is 183 Å². The first-order valence-electron chi connectivity index (χ1n) is 11.4. The fraction of sp³-hybridized carbons (Fsp3) is 0.481. The van der Waals surface area contributed by atoms with E-state index in [1.165, 1.54) is 12.8 Å². The highest BCUT2D eigenvalue weighted by atomic mass is 16.6. The number of ether oxygens (including phenoxy) is 2. The largest absolute Gasteiger partial charge is 0.455 e. The molecule has 0 heterocycles. The van der Waals surface area contributed by atoms with Gasteiger partial charge in [-0.15, -0.1) is 0 Å². The maximum Gasteiger partial charge on any atom is 0.338 e. The molecule has 0 N–H and O–H groups in total. The van der Waals surface area contributed by atoms with Crippen molar-refractivity contribution in [3.8, 4) is 0 Å². The van der Waals surface area contributed by atoms with E-state index in [0.717, 1.165) is 19.3 Å². The van der Waals surface area contributed by atoms with Gasteiger partial charge in [-0.25, -0.2) is 9.59 Å². The zero-order chi connectivity index (χ0) is 21.6. The summed E-state index contributed by atoms with van der Waals surface area (Å²) >= 11 is 0. The maximum absolute atomic E-state index is 13.0. The fourth-order valence-electron chi connectivity index (χ4n) is 6.50. The van der Waals surface area contributed by atoms with Crippen molar-refractivity contribution >= 4 is 11.9 Å². The molecule has 4 heteroatoms. The molecule has 0 aliphatic heterocycles. The summed E-state index contributed by atoms with van der Waals surface area (Å²) in [7, 11) is 0. The molecule has 0 saturated heterocycles. The lowest BCUT2D eigenvalue weighted by Crippen LogP contribution is -2.53. The van der Waals surface area contributed by atoms with E-state index in [1.54, 1.807) is 24.3 Å². The molecule has 2 aromatic rings. The molecule has 4 aliphatic rings. The van der Waals surface area contributed by atoms with Crippen molar-refractivity contribution in [1.29, 1.82) is 0 Å². The summed E-state index contributed by atoms with van der Waals surface area (Å²) in [5.74, 6) is -0.0433. The SMILES string of the molecule is CC12CCC(C)(CC1)C1C(OC(=O)c3ccccc3)C(OC(=O)c3ccccc3)CC12. The molecule has 0 amide bonds. The second-order valence-corrected chi connectivity index (χ2v) is 10.2. The van der Waals surface area contributed by atoms with E-state index in [-0.39, 0.29) is 28.7 Å². The molecule has 6 rings (SSSR count). The van der Waals surface area contributed by atoms with Gasteiger partial charge in [0, 0.05) is 5.92 Å². The normalized spacial score (nSPS) is 35.9. The smallest absolute Gasteiger partial charge is 0.338 e. The van der Waals surface area contributed by atoms with Gasteiger partial charge in [0.1, 0.15) is 12.2 Å². The third kappa shape index (κ3) is 3.46. The van der Waals surface area contributed by atoms with Gasteiger partial charge in [-0.3, -0.25) is 0 Å². The van der Waals surface area contributed by atoms with Gasteiger partial charge in [0.15, 0.2) is 0 Å². The molecule has 31 heavy (non-hydrogen) atoms. The summed E-state index contributed by atoms with van der Waals surface area (Å²) < 4.78 is 12.2. The van der Waals surface area contributed by atoms with Crippen LogP contribution in [0.4, 0.5) is 0 Å². The van der Waals surface area contributed by atoms with Crippen molar-refractivity contribution < 1.29 is 19.1 Å². The van der Waals surface area contributed by atoms with Gasteiger partial charge in [0.2, 0.25) is 0 Å². The Bertz CT molecular complexity index is 959. The summed E-state index contributed by atoms with van der Waals surface area (Å²) in [6.45, 7) is 4.72. The Morgan fingerprint density at radius 3 is 1.77 bits per heavy atom. The average Bonchev–Trinajstić information content (AvgIpc) is 3.17. The minimum atomic E-state index is -0.412. The van der Waals surface area contributed by atoms with Crippen molar-refractivity contribution in [2.45, 2.75) is 58.2 Å². The molecule has 4 unspecified atom stereocenters. The number of carbonyl (C=O) groups is 2. The van der Waals surface area contributed by atoms with Crippen LogP contribution in [0.15, 0.2) is 60.7 Å². The van der Waals surface area contributed by atoms with Crippen LogP contribution in [-0.4, -0.2) is 24.1 Å². The standard InChI is InChI=1S/C27H30O4/c1-26-13-15-27(2,16-14-26)22-20(26)17-21(30-24(28)18-9-5-3-6-10-18)23(22)31-25(29)19-11-7-4-8-12-19/h3-12,20-23H,13-17H2,1-2H3. The lowest BCUT2D eigenvalue weighted by atomic mass is 9.46. The van der Waals surface area contributed by atoms with Gasteiger partial charge in [0.25, 0.3) is 0 Å². The highest BCUT2D eigenvalue weighted by Crippen LogP contribution is 2.67. The Morgan fingerprint density at radius 2 is 1.23 bits per heavy atom. The molecule has 2 aromatic carbocycles. The Hall–Kier alpha value is -2.62. The van der Waals surface area contributed by atoms with Crippen molar-refractivity contribution in [1.82, 2.24) is 0 Å². The summed E-state index contributed by atoms with van der Waals surface area (Å²) in [5, 5.41) is 0.